The minimum atomic E-state index is -0.338. The smallest absolute Gasteiger partial charge is 0.344 e. The molecule has 0 unspecified atom stereocenters. The number of benzene rings is 1. The summed E-state index contributed by atoms with van der Waals surface area (Å²) in [5.74, 6) is 0.298. The Morgan fingerprint density at radius 3 is 2.89 bits per heavy atom. The van der Waals surface area contributed by atoms with E-state index in [2.05, 4.69) is 0 Å². The first kappa shape index (κ1) is 14.5. The summed E-state index contributed by atoms with van der Waals surface area (Å²) in [6.45, 7) is 4.34. The van der Waals surface area contributed by atoms with Gasteiger partial charge < -0.3 is 15.2 Å². The lowest BCUT2D eigenvalue weighted by Crippen LogP contribution is -2.15. The Balaban J connectivity index is 2.38. The number of ether oxygens (including phenoxy) is 2. The summed E-state index contributed by atoms with van der Waals surface area (Å²) in [5, 5.41) is 0. The van der Waals surface area contributed by atoms with Gasteiger partial charge in [0.1, 0.15) is 5.75 Å². The van der Waals surface area contributed by atoms with Gasteiger partial charge in [-0.15, -0.1) is 0 Å². The van der Waals surface area contributed by atoms with Crippen molar-refractivity contribution < 1.29 is 14.3 Å². The molecule has 4 nitrogen and oxygen atoms in total. The van der Waals surface area contributed by atoms with E-state index in [-0.39, 0.29) is 18.6 Å². The molecule has 0 aliphatic rings. The van der Waals surface area contributed by atoms with Gasteiger partial charge in [-0.1, -0.05) is 25.5 Å². The highest BCUT2D eigenvalue weighted by Gasteiger charge is 2.05. The molecular weight excluding hydrogens is 230 g/mol. The lowest BCUT2D eigenvalue weighted by Gasteiger charge is -2.09. The minimum Gasteiger partial charge on any atom is -0.482 e. The van der Waals surface area contributed by atoms with Crippen LogP contribution in [0.3, 0.4) is 0 Å². The van der Waals surface area contributed by atoms with Gasteiger partial charge in [0.25, 0.3) is 0 Å². The SMILES string of the molecule is CCCCOC(=O)COc1cccc([C@@H](C)N)c1. The number of unbranched alkanes of at least 4 members (excludes halogenated alkanes) is 1. The molecular formula is C14H21NO3. The van der Waals surface area contributed by atoms with Gasteiger partial charge in [0.2, 0.25) is 0 Å². The Morgan fingerprint density at radius 1 is 1.44 bits per heavy atom. The topological polar surface area (TPSA) is 61.5 Å². The Hall–Kier alpha value is -1.55. The lowest BCUT2D eigenvalue weighted by atomic mass is 10.1. The van der Waals surface area contributed by atoms with Crippen LogP contribution in [0.25, 0.3) is 0 Å². The van der Waals surface area contributed by atoms with Crippen molar-refractivity contribution in [2.75, 3.05) is 13.2 Å². The number of hydrogen-bond acceptors (Lipinski definition) is 4. The van der Waals surface area contributed by atoms with Gasteiger partial charge in [0, 0.05) is 6.04 Å². The summed E-state index contributed by atoms with van der Waals surface area (Å²) >= 11 is 0. The molecule has 0 aliphatic heterocycles. The zero-order valence-electron chi connectivity index (χ0n) is 11.0. The molecule has 1 rings (SSSR count). The van der Waals surface area contributed by atoms with E-state index in [1.165, 1.54) is 0 Å². The normalized spacial score (nSPS) is 11.9. The van der Waals surface area contributed by atoms with Crippen molar-refractivity contribution >= 4 is 5.97 Å². The maximum atomic E-state index is 11.3. The minimum absolute atomic E-state index is 0.0509. The highest BCUT2D eigenvalue weighted by atomic mass is 16.6. The van der Waals surface area contributed by atoms with Crippen LogP contribution >= 0.6 is 0 Å². The van der Waals surface area contributed by atoms with E-state index in [0.29, 0.717) is 12.4 Å². The first-order valence-corrected chi connectivity index (χ1v) is 6.27. The van der Waals surface area contributed by atoms with Crippen LogP contribution in [-0.2, 0) is 9.53 Å². The molecule has 0 spiro atoms. The van der Waals surface area contributed by atoms with Gasteiger partial charge >= 0.3 is 5.97 Å². The highest BCUT2D eigenvalue weighted by molar-refractivity contribution is 5.71. The van der Waals surface area contributed by atoms with E-state index >= 15 is 0 Å². The molecule has 0 aromatic heterocycles. The molecule has 0 fully saturated rings. The van der Waals surface area contributed by atoms with Crippen molar-refractivity contribution in [1.29, 1.82) is 0 Å². The third-order valence-corrected chi connectivity index (χ3v) is 2.50. The fraction of sp³-hybridized carbons (Fsp3) is 0.500. The van der Waals surface area contributed by atoms with Gasteiger partial charge in [-0.05, 0) is 31.0 Å². The van der Waals surface area contributed by atoms with Crippen molar-refractivity contribution in [3.05, 3.63) is 29.8 Å². The van der Waals surface area contributed by atoms with Crippen LogP contribution < -0.4 is 10.5 Å². The van der Waals surface area contributed by atoms with E-state index in [4.69, 9.17) is 15.2 Å². The molecule has 1 aromatic rings. The van der Waals surface area contributed by atoms with Crippen LogP contribution in [-0.4, -0.2) is 19.2 Å². The maximum Gasteiger partial charge on any atom is 0.344 e. The van der Waals surface area contributed by atoms with Gasteiger partial charge in [-0.2, -0.15) is 0 Å². The van der Waals surface area contributed by atoms with Crippen molar-refractivity contribution in [3.63, 3.8) is 0 Å². The zero-order valence-corrected chi connectivity index (χ0v) is 11.0. The lowest BCUT2D eigenvalue weighted by molar-refractivity contribution is -0.146. The van der Waals surface area contributed by atoms with Crippen molar-refractivity contribution in [1.82, 2.24) is 0 Å². The molecule has 0 heterocycles. The first-order valence-electron chi connectivity index (χ1n) is 6.27. The average Bonchev–Trinajstić information content (AvgIpc) is 2.37. The molecule has 0 bridgehead atoms. The van der Waals surface area contributed by atoms with E-state index in [1.807, 2.05) is 32.0 Å². The molecule has 4 heteroatoms. The van der Waals surface area contributed by atoms with Crippen LogP contribution in [0.1, 0.15) is 38.3 Å². The second-order valence-corrected chi connectivity index (χ2v) is 4.22. The number of hydrogen-bond donors (Lipinski definition) is 1. The second-order valence-electron chi connectivity index (χ2n) is 4.22. The molecule has 0 saturated carbocycles. The van der Waals surface area contributed by atoms with Crippen LogP contribution in [0.15, 0.2) is 24.3 Å². The third-order valence-electron chi connectivity index (χ3n) is 2.50. The molecule has 0 amide bonds. The monoisotopic (exact) mass is 251 g/mol. The number of esters is 1. The Labute approximate surface area is 108 Å². The predicted octanol–water partition coefficient (Wildman–Crippen LogP) is 2.43. The fourth-order valence-corrected chi connectivity index (χ4v) is 1.40. The van der Waals surface area contributed by atoms with Crippen molar-refractivity contribution in [2.45, 2.75) is 32.7 Å². The van der Waals surface area contributed by atoms with Crippen molar-refractivity contribution in [3.8, 4) is 5.75 Å². The van der Waals surface area contributed by atoms with Gasteiger partial charge in [0.05, 0.1) is 6.61 Å². The molecule has 18 heavy (non-hydrogen) atoms. The quantitative estimate of drug-likeness (QED) is 0.597. The number of carbonyl (C=O) groups is 1. The van der Waals surface area contributed by atoms with Crippen molar-refractivity contribution in [2.24, 2.45) is 5.73 Å². The molecule has 1 aromatic carbocycles. The van der Waals surface area contributed by atoms with Gasteiger partial charge in [-0.3, -0.25) is 0 Å². The number of nitrogens with two attached hydrogens (primary N) is 1. The molecule has 100 valence electrons. The maximum absolute atomic E-state index is 11.3. The molecule has 1 atom stereocenters. The molecule has 0 saturated heterocycles. The van der Waals surface area contributed by atoms with Crippen LogP contribution in [0, 0.1) is 0 Å². The molecule has 0 radical (unpaired) electrons. The third kappa shape index (κ3) is 5.19. The summed E-state index contributed by atoms with van der Waals surface area (Å²) < 4.78 is 10.4. The summed E-state index contributed by atoms with van der Waals surface area (Å²) in [4.78, 5) is 11.3. The van der Waals surface area contributed by atoms with E-state index < -0.39 is 0 Å². The summed E-state index contributed by atoms with van der Waals surface area (Å²) in [7, 11) is 0. The summed E-state index contributed by atoms with van der Waals surface area (Å²) in [6.07, 6.45) is 1.89. The standard InChI is InChI=1S/C14H21NO3/c1-3-4-8-17-14(16)10-18-13-7-5-6-12(9-13)11(2)15/h5-7,9,11H,3-4,8,10,15H2,1-2H3/t11-/m1/s1. The fourth-order valence-electron chi connectivity index (χ4n) is 1.40. The largest absolute Gasteiger partial charge is 0.482 e. The van der Waals surface area contributed by atoms with E-state index in [9.17, 15) is 4.79 Å². The second kappa shape index (κ2) is 7.71. The van der Waals surface area contributed by atoms with Crippen LogP contribution in [0.4, 0.5) is 0 Å². The van der Waals surface area contributed by atoms with E-state index in [0.717, 1.165) is 18.4 Å². The summed E-state index contributed by atoms with van der Waals surface area (Å²) in [5.41, 5.74) is 6.75. The molecule has 2 N–H and O–H groups in total. The van der Waals surface area contributed by atoms with Gasteiger partial charge in [0.15, 0.2) is 6.61 Å². The Morgan fingerprint density at radius 2 is 2.22 bits per heavy atom. The zero-order chi connectivity index (χ0) is 13.4. The molecule has 0 aliphatic carbocycles. The summed E-state index contributed by atoms with van der Waals surface area (Å²) in [6, 6.07) is 7.37. The Bertz CT molecular complexity index is 377. The van der Waals surface area contributed by atoms with Gasteiger partial charge in [-0.25, -0.2) is 4.79 Å². The van der Waals surface area contributed by atoms with Crippen LogP contribution in [0.2, 0.25) is 0 Å². The van der Waals surface area contributed by atoms with Crippen LogP contribution in [0.5, 0.6) is 5.75 Å². The van der Waals surface area contributed by atoms with E-state index in [1.54, 1.807) is 6.07 Å². The first-order chi connectivity index (χ1) is 8.63. The highest BCUT2D eigenvalue weighted by Crippen LogP contribution is 2.17. The predicted molar refractivity (Wildman–Crippen MR) is 70.4 cm³/mol. The number of carbonyl (C=O) groups excluding carboxylic acids is 1. The number of rotatable bonds is 7. The average molecular weight is 251 g/mol. The Kier molecular flexibility index (Phi) is 6.22.